The summed E-state index contributed by atoms with van der Waals surface area (Å²) in [4.78, 5) is 30.1. The number of halogens is 2. The van der Waals surface area contributed by atoms with Gasteiger partial charge in [0.25, 0.3) is 0 Å². The van der Waals surface area contributed by atoms with Crippen LogP contribution < -0.4 is 0 Å². The lowest BCUT2D eigenvalue weighted by molar-refractivity contribution is -0.142. The fraction of sp³-hybridized carbons (Fsp3) is 0.364. The molecule has 1 N–H and O–H groups in total. The van der Waals surface area contributed by atoms with Gasteiger partial charge in [0.1, 0.15) is 5.82 Å². The van der Waals surface area contributed by atoms with Crippen molar-refractivity contribution in [3.05, 3.63) is 69.9 Å². The molecule has 0 aromatic heterocycles. The lowest BCUT2D eigenvalue weighted by Gasteiger charge is -2.28. The summed E-state index contributed by atoms with van der Waals surface area (Å²) in [5.74, 6) is -1.62. The molecule has 150 valence electrons. The third-order valence-corrected chi connectivity index (χ3v) is 6.96. The number of aliphatic hydroxyl groups excluding tert-OH is 1. The average Bonchev–Trinajstić information content (AvgIpc) is 3.28. The van der Waals surface area contributed by atoms with Crippen LogP contribution in [0.15, 0.2) is 53.0 Å². The zero-order chi connectivity index (χ0) is 20.3. The van der Waals surface area contributed by atoms with Gasteiger partial charge in [-0.3, -0.25) is 19.4 Å². The van der Waals surface area contributed by atoms with Gasteiger partial charge in [0.05, 0.1) is 24.5 Å². The smallest absolute Gasteiger partial charge is 0.235 e. The fourth-order valence-corrected chi connectivity index (χ4v) is 5.51. The Balaban J connectivity index is 1.50. The summed E-state index contributed by atoms with van der Waals surface area (Å²) in [5, 5.41) is 10.2. The van der Waals surface area contributed by atoms with E-state index >= 15 is 0 Å². The zero-order valence-electron chi connectivity index (χ0n) is 15.5. The Bertz CT molecular complexity index is 965. The van der Waals surface area contributed by atoms with E-state index in [-0.39, 0.29) is 36.3 Å². The second-order valence-electron chi connectivity index (χ2n) is 8.09. The molecular formula is C22H20BrFN2O3. The Kier molecular flexibility index (Phi) is 4.57. The third-order valence-electron chi connectivity index (χ3n) is 6.43. The van der Waals surface area contributed by atoms with Crippen molar-refractivity contribution in [2.45, 2.75) is 31.2 Å². The Labute approximate surface area is 176 Å². The molecule has 3 heterocycles. The molecule has 0 spiro atoms. The highest BCUT2D eigenvalue weighted by Gasteiger charge is 2.63. The molecule has 2 aromatic carbocycles. The number of benzene rings is 2. The second-order valence-corrected chi connectivity index (χ2v) is 9.01. The number of likely N-dealkylation sites (tertiary alicyclic amines) is 1. The summed E-state index contributed by atoms with van der Waals surface area (Å²) >= 11 is 3.44. The van der Waals surface area contributed by atoms with Crippen LogP contribution in [0.25, 0.3) is 0 Å². The summed E-state index contributed by atoms with van der Waals surface area (Å²) in [7, 11) is 0. The van der Waals surface area contributed by atoms with Gasteiger partial charge in [0.2, 0.25) is 11.8 Å². The molecule has 0 aliphatic carbocycles. The van der Waals surface area contributed by atoms with Crippen LogP contribution in [0.5, 0.6) is 0 Å². The molecule has 2 amide bonds. The number of carbonyl (C=O) groups excluding carboxylic acids is 2. The number of hydrogen-bond acceptors (Lipinski definition) is 4. The fourth-order valence-electron chi connectivity index (χ4n) is 5.24. The first-order valence-electron chi connectivity index (χ1n) is 9.73. The standard InChI is InChI=1S/C22H20BrFN2O3/c23-14-5-3-13(4-6-14)20-19-18(17-9-16(27)11-25(17)20)21(28)26(22(19)29)10-12-1-7-15(24)8-2-12/h1-8,16-20,27H,9-11H2/t16-,17+,18+,19+,20+/m1/s1. The van der Waals surface area contributed by atoms with Crippen molar-refractivity contribution in [1.29, 1.82) is 0 Å². The van der Waals surface area contributed by atoms with Crippen LogP contribution in [0, 0.1) is 17.7 Å². The predicted molar refractivity (Wildman–Crippen MR) is 107 cm³/mol. The predicted octanol–water partition coefficient (Wildman–Crippen LogP) is 2.88. The van der Waals surface area contributed by atoms with Gasteiger partial charge in [0, 0.05) is 23.1 Å². The van der Waals surface area contributed by atoms with Crippen LogP contribution in [-0.2, 0) is 16.1 Å². The van der Waals surface area contributed by atoms with Gasteiger partial charge < -0.3 is 5.11 Å². The molecule has 5 atom stereocenters. The molecule has 5 rings (SSSR count). The summed E-state index contributed by atoms with van der Waals surface area (Å²) in [6.45, 7) is 0.615. The van der Waals surface area contributed by atoms with Crippen LogP contribution >= 0.6 is 15.9 Å². The van der Waals surface area contributed by atoms with Crippen molar-refractivity contribution >= 4 is 27.7 Å². The second kappa shape index (κ2) is 7.00. The van der Waals surface area contributed by atoms with Crippen LogP contribution in [0.2, 0.25) is 0 Å². The van der Waals surface area contributed by atoms with Gasteiger partial charge in [0.15, 0.2) is 0 Å². The first-order valence-corrected chi connectivity index (χ1v) is 10.5. The van der Waals surface area contributed by atoms with E-state index in [0.29, 0.717) is 13.0 Å². The van der Waals surface area contributed by atoms with Gasteiger partial charge >= 0.3 is 0 Å². The number of nitrogens with zero attached hydrogens (tertiary/aromatic N) is 2. The normalized spacial score (nSPS) is 31.4. The van der Waals surface area contributed by atoms with Crippen molar-refractivity contribution in [3.8, 4) is 0 Å². The minimum atomic E-state index is -0.493. The maximum atomic E-state index is 13.4. The van der Waals surface area contributed by atoms with Crippen LogP contribution in [0.4, 0.5) is 4.39 Å². The molecule has 29 heavy (non-hydrogen) atoms. The van der Waals surface area contributed by atoms with Gasteiger partial charge in [-0.05, 0) is 41.8 Å². The van der Waals surface area contributed by atoms with Gasteiger partial charge in [-0.1, -0.05) is 40.2 Å². The number of hydrogen-bond donors (Lipinski definition) is 1. The Morgan fingerprint density at radius 2 is 1.66 bits per heavy atom. The summed E-state index contributed by atoms with van der Waals surface area (Å²) in [6.07, 6.45) is 0.00498. The first-order chi connectivity index (χ1) is 13.9. The largest absolute Gasteiger partial charge is 0.392 e. The van der Waals surface area contributed by atoms with Gasteiger partial charge in [-0.15, -0.1) is 0 Å². The SMILES string of the molecule is O=C1[C@@H]2[C@H](C(=O)N1Cc1ccc(F)cc1)[C@H](c1ccc(Br)cc1)N1C[C@H](O)C[C@@H]21. The number of fused-ring (bicyclic) bond motifs is 3. The molecule has 0 radical (unpaired) electrons. The van der Waals surface area contributed by atoms with Crippen LogP contribution in [0.3, 0.4) is 0 Å². The minimum absolute atomic E-state index is 0.140. The van der Waals surface area contributed by atoms with Gasteiger partial charge in [-0.2, -0.15) is 0 Å². The number of imide groups is 1. The van der Waals surface area contributed by atoms with E-state index in [4.69, 9.17) is 0 Å². The van der Waals surface area contributed by atoms with Crippen molar-refractivity contribution in [2.75, 3.05) is 6.54 Å². The van der Waals surface area contributed by atoms with E-state index in [1.165, 1.54) is 17.0 Å². The molecule has 5 nitrogen and oxygen atoms in total. The molecule has 0 bridgehead atoms. The minimum Gasteiger partial charge on any atom is -0.392 e. The average molecular weight is 459 g/mol. The quantitative estimate of drug-likeness (QED) is 0.718. The summed E-state index contributed by atoms with van der Waals surface area (Å²) in [5.41, 5.74) is 1.70. The first kappa shape index (κ1) is 18.9. The molecule has 3 aliphatic heterocycles. The lowest BCUT2D eigenvalue weighted by atomic mass is 9.85. The van der Waals surface area contributed by atoms with Crippen LogP contribution in [-0.4, -0.2) is 45.4 Å². The van der Waals surface area contributed by atoms with Crippen molar-refractivity contribution < 1.29 is 19.1 Å². The maximum absolute atomic E-state index is 13.4. The monoisotopic (exact) mass is 458 g/mol. The van der Waals surface area contributed by atoms with E-state index < -0.39 is 17.9 Å². The number of aliphatic hydroxyl groups is 1. The Hall–Kier alpha value is -2.09. The Morgan fingerprint density at radius 3 is 2.34 bits per heavy atom. The highest BCUT2D eigenvalue weighted by molar-refractivity contribution is 9.10. The van der Waals surface area contributed by atoms with Crippen molar-refractivity contribution in [3.63, 3.8) is 0 Å². The van der Waals surface area contributed by atoms with Gasteiger partial charge in [-0.25, -0.2) is 4.39 Å². The van der Waals surface area contributed by atoms with E-state index in [1.807, 2.05) is 24.3 Å². The zero-order valence-corrected chi connectivity index (χ0v) is 17.1. The van der Waals surface area contributed by atoms with Crippen molar-refractivity contribution in [2.24, 2.45) is 11.8 Å². The van der Waals surface area contributed by atoms with E-state index in [9.17, 15) is 19.1 Å². The highest BCUT2D eigenvalue weighted by atomic mass is 79.9. The molecular weight excluding hydrogens is 439 g/mol. The molecule has 0 saturated carbocycles. The molecule has 0 unspecified atom stereocenters. The number of rotatable bonds is 3. The maximum Gasteiger partial charge on any atom is 0.235 e. The topological polar surface area (TPSA) is 60.9 Å². The summed E-state index contributed by atoms with van der Waals surface area (Å²) < 4.78 is 14.2. The molecule has 3 fully saturated rings. The Morgan fingerprint density at radius 1 is 1.00 bits per heavy atom. The van der Waals surface area contributed by atoms with E-state index in [2.05, 4.69) is 20.8 Å². The highest BCUT2D eigenvalue weighted by Crippen LogP contribution is 2.53. The van der Waals surface area contributed by atoms with Crippen molar-refractivity contribution in [1.82, 2.24) is 9.80 Å². The molecule has 7 heteroatoms. The number of carbonyl (C=O) groups is 2. The van der Waals surface area contributed by atoms with E-state index in [0.717, 1.165) is 15.6 Å². The van der Waals surface area contributed by atoms with E-state index in [1.54, 1.807) is 12.1 Å². The summed E-state index contributed by atoms with van der Waals surface area (Å²) in [6, 6.07) is 13.3. The number of amides is 2. The van der Waals surface area contributed by atoms with Crippen LogP contribution in [0.1, 0.15) is 23.6 Å². The molecule has 3 saturated heterocycles. The molecule has 3 aliphatic rings. The molecule has 2 aromatic rings. The lowest BCUT2D eigenvalue weighted by Crippen LogP contribution is -2.39. The third kappa shape index (κ3) is 3.03.